The van der Waals surface area contributed by atoms with E-state index in [2.05, 4.69) is 39.8 Å². The molecule has 0 bridgehead atoms. The van der Waals surface area contributed by atoms with Crippen molar-refractivity contribution < 1.29 is 18.4 Å². The number of Topliss-reactive ketones (excluding diaryl/α,β-unsaturated/α-hetero) is 2. The molecule has 6 nitrogen and oxygen atoms in total. The first-order chi connectivity index (χ1) is 21.5. The number of anilines is 3. The van der Waals surface area contributed by atoms with E-state index in [1.807, 2.05) is 35.2 Å². The number of halogens is 2. The number of hydrogen-bond acceptors (Lipinski definition) is 6. The Labute approximate surface area is 259 Å². The van der Waals surface area contributed by atoms with Crippen molar-refractivity contribution in [1.82, 2.24) is 9.97 Å². The maximum Gasteiger partial charge on any atom is 0.197 e. The lowest BCUT2D eigenvalue weighted by Crippen LogP contribution is -2.24. The summed E-state index contributed by atoms with van der Waals surface area (Å²) in [5.41, 5.74) is 4.26. The Balaban J connectivity index is 1.45. The number of ketones is 2. The third kappa shape index (κ3) is 4.43. The van der Waals surface area contributed by atoms with Crippen molar-refractivity contribution in [2.24, 2.45) is 0 Å². The second-order valence-electron chi connectivity index (χ2n) is 12.1. The van der Waals surface area contributed by atoms with Gasteiger partial charge in [0.1, 0.15) is 5.82 Å². The van der Waals surface area contributed by atoms with Gasteiger partial charge in [0.05, 0.1) is 22.3 Å². The van der Waals surface area contributed by atoms with Crippen molar-refractivity contribution in [3.05, 3.63) is 124 Å². The largest absolute Gasteiger partial charge is 0.312 e. The minimum absolute atomic E-state index is 0.0635. The summed E-state index contributed by atoms with van der Waals surface area (Å²) in [4.78, 5) is 40.4. The van der Waals surface area contributed by atoms with Gasteiger partial charge in [0, 0.05) is 30.3 Å². The quantitative estimate of drug-likeness (QED) is 0.152. The highest BCUT2D eigenvalue weighted by Crippen LogP contribution is 2.48. The number of benzene rings is 4. The van der Waals surface area contributed by atoms with Gasteiger partial charge in [0.2, 0.25) is 0 Å². The van der Waals surface area contributed by atoms with E-state index in [-0.39, 0.29) is 40.0 Å². The number of carbonyl (C=O) groups is 2. The van der Waals surface area contributed by atoms with Gasteiger partial charge in [0.25, 0.3) is 0 Å². The fourth-order valence-corrected chi connectivity index (χ4v) is 6.27. The molecular formula is C37H30F2N4O2. The van der Waals surface area contributed by atoms with Gasteiger partial charge in [-0.3, -0.25) is 14.5 Å². The number of para-hydroxylation sites is 1. The minimum atomic E-state index is -1.01. The Kier molecular flexibility index (Phi) is 6.62. The van der Waals surface area contributed by atoms with Gasteiger partial charge in [-0.2, -0.15) is 0 Å². The topological polar surface area (TPSA) is 66.4 Å². The number of rotatable bonds is 4. The Morgan fingerprint density at radius 3 is 1.71 bits per heavy atom. The maximum absolute atomic E-state index is 14.3. The van der Waals surface area contributed by atoms with E-state index in [0.29, 0.717) is 28.6 Å². The van der Waals surface area contributed by atoms with Crippen LogP contribution in [0.2, 0.25) is 0 Å². The molecule has 0 spiro atoms. The number of carbonyl (C=O) groups excluding carboxylic acids is 2. The molecule has 45 heavy (non-hydrogen) atoms. The molecule has 7 rings (SSSR count). The van der Waals surface area contributed by atoms with E-state index < -0.39 is 11.6 Å². The van der Waals surface area contributed by atoms with Crippen LogP contribution >= 0.6 is 0 Å². The van der Waals surface area contributed by atoms with Crippen LogP contribution in [-0.2, 0) is 0 Å². The van der Waals surface area contributed by atoms with Crippen molar-refractivity contribution in [3.8, 4) is 0 Å². The zero-order chi connectivity index (χ0) is 31.7. The molecule has 1 aromatic heterocycles. The number of aromatic nitrogens is 2. The Morgan fingerprint density at radius 1 is 0.689 bits per heavy atom. The summed E-state index contributed by atoms with van der Waals surface area (Å²) in [7, 11) is 1.80. The molecule has 0 amide bonds. The van der Waals surface area contributed by atoms with E-state index in [1.165, 1.54) is 0 Å². The van der Waals surface area contributed by atoms with Gasteiger partial charge in [-0.15, -0.1) is 0 Å². The van der Waals surface area contributed by atoms with Crippen LogP contribution in [0.5, 0.6) is 0 Å². The monoisotopic (exact) mass is 600 g/mol. The first kappa shape index (κ1) is 28.5. The molecule has 224 valence electrons. The molecule has 1 aliphatic carbocycles. The van der Waals surface area contributed by atoms with Crippen molar-refractivity contribution >= 4 is 50.7 Å². The highest BCUT2D eigenvalue weighted by atomic mass is 19.2. The van der Waals surface area contributed by atoms with Crippen LogP contribution in [-0.4, -0.2) is 28.6 Å². The molecule has 5 aromatic rings. The van der Waals surface area contributed by atoms with Crippen LogP contribution in [0.1, 0.15) is 71.4 Å². The number of nitrogens with zero attached hydrogens (tertiary/aromatic N) is 4. The van der Waals surface area contributed by atoms with E-state index in [4.69, 9.17) is 9.97 Å². The third-order valence-electron chi connectivity index (χ3n) is 8.60. The molecule has 0 saturated carbocycles. The normalized spacial score (nSPS) is 15.4. The molecule has 4 aromatic carbocycles. The summed E-state index contributed by atoms with van der Waals surface area (Å²) in [6.07, 6.45) is 3.29. The molecule has 0 atom stereocenters. The second kappa shape index (κ2) is 10.4. The van der Waals surface area contributed by atoms with Gasteiger partial charge < -0.3 is 4.90 Å². The standard InChI is InChI=1S/C37H30F2N4O2/c1-19(2)23-11-8-12-24(20(3)4)33(23)43-32(42(5)36-37(43)41-31-18-29(39)28(38)17-30(31)40-36)14-13-25-34(44)26-15-21-9-6-7-10-22(21)16-27(26)35(25)45/h6-20H,1-5H3/b32-14+. The summed E-state index contributed by atoms with van der Waals surface area (Å²) >= 11 is 0. The molecule has 1 aliphatic heterocycles. The van der Waals surface area contributed by atoms with Crippen molar-refractivity contribution in [3.63, 3.8) is 0 Å². The molecular weight excluding hydrogens is 570 g/mol. The summed E-state index contributed by atoms with van der Waals surface area (Å²) in [6, 6.07) is 19.4. The molecule has 2 heterocycles. The highest BCUT2D eigenvalue weighted by molar-refractivity contribution is 6.40. The number of fused-ring (bicyclic) bond motifs is 4. The lowest BCUT2D eigenvalue weighted by molar-refractivity contribution is 0.0988. The van der Waals surface area contributed by atoms with Crippen LogP contribution in [0.15, 0.2) is 90.3 Å². The molecule has 2 aliphatic rings. The van der Waals surface area contributed by atoms with Crippen LogP contribution in [0.25, 0.3) is 21.8 Å². The third-order valence-corrected chi connectivity index (χ3v) is 8.60. The smallest absolute Gasteiger partial charge is 0.197 e. The molecule has 0 fully saturated rings. The average Bonchev–Trinajstić information content (AvgIpc) is 3.41. The van der Waals surface area contributed by atoms with Crippen molar-refractivity contribution in [1.29, 1.82) is 0 Å². The average molecular weight is 601 g/mol. The first-order valence-electron chi connectivity index (χ1n) is 14.9. The molecule has 0 unspecified atom stereocenters. The van der Waals surface area contributed by atoms with Crippen LogP contribution in [0.4, 0.5) is 26.1 Å². The fourth-order valence-electron chi connectivity index (χ4n) is 6.27. The summed E-state index contributed by atoms with van der Waals surface area (Å²) in [5, 5.41) is 1.77. The van der Waals surface area contributed by atoms with Gasteiger partial charge in [-0.1, -0.05) is 70.2 Å². The fraction of sp³-hybridized carbons (Fsp3) is 0.189. The lowest BCUT2D eigenvalue weighted by Gasteiger charge is -2.29. The first-order valence-corrected chi connectivity index (χ1v) is 14.9. The number of hydrogen-bond donors (Lipinski definition) is 0. The SMILES string of the molecule is CC(C)c1cccc(C(C)C)c1N1/C(=C/C=C2C(=O)c3cc4ccccc4cc3C2=O)N(C)c2nc3cc(F)c(F)cc3nc21. The summed E-state index contributed by atoms with van der Waals surface area (Å²) in [5.74, 6) is -0.951. The van der Waals surface area contributed by atoms with E-state index in [9.17, 15) is 18.4 Å². The van der Waals surface area contributed by atoms with Crippen LogP contribution < -0.4 is 9.80 Å². The number of allylic oxidation sites excluding steroid dienone is 3. The Bertz CT molecular complexity index is 2080. The van der Waals surface area contributed by atoms with Crippen molar-refractivity contribution in [2.45, 2.75) is 39.5 Å². The van der Waals surface area contributed by atoms with Crippen LogP contribution in [0.3, 0.4) is 0 Å². The zero-order valence-corrected chi connectivity index (χ0v) is 25.5. The summed E-state index contributed by atoms with van der Waals surface area (Å²) < 4.78 is 28.6. The van der Waals surface area contributed by atoms with Gasteiger partial charge in [0.15, 0.2) is 34.8 Å². The minimum Gasteiger partial charge on any atom is -0.312 e. The highest BCUT2D eigenvalue weighted by Gasteiger charge is 2.38. The Hall–Kier alpha value is -5.24. The van der Waals surface area contributed by atoms with Gasteiger partial charge in [-0.25, -0.2) is 18.7 Å². The predicted molar refractivity (Wildman–Crippen MR) is 173 cm³/mol. The molecule has 8 heteroatoms. The Morgan fingerprint density at radius 2 is 1.20 bits per heavy atom. The zero-order valence-electron chi connectivity index (χ0n) is 25.5. The van der Waals surface area contributed by atoms with Gasteiger partial charge >= 0.3 is 0 Å². The van der Waals surface area contributed by atoms with E-state index in [0.717, 1.165) is 39.7 Å². The molecule has 0 radical (unpaired) electrons. The second-order valence-corrected chi connectivity index (χ2v) is 12.1. The van der Waals surface area contributed by atoms with E-state index >= 15 is 0 Å². The van der Waals surface area contributed by atoms with Crippen LogP contribution in [0, 0.1) is 11.6 Å². The molecule has 0 saturated heterocycles. The van der Waals surface area contributed by atoms with Crippen molar-refractivity contribution in [2.75, 3.05) is 16.8 Å². The van der Waals surface area contributed by atoms with Gasteiger partial charge in [-0.05, 0) is 58.0 Å². The predicted octanol–water partition coefficient (Wildman–Crippen LogP) is 8.74. The summed E-state index contributed by atoms with van der Waals surface area (Å²) in [6.45, 7) is 8.43. The molecule has 0 N–H and O–H groups in total. The van der Waals surface area contributed by atoms with E-state index in [1.54, 1.807) is 36.2 Å². The maximum atomic E-state index is 14.3. The lowest BCUT2D eigenvalue weighted by atomic mass is 9.92.